The lowest BCUT2D eigenvalue weighted by Gasteiger charge is -2.16. The molecule has 0 unspecified atom stereocenters. The molecule has 0 bridgehead atoms. The first kappa shape index (κ1) is 15.7. The van der Waals surface area contributed by atoms with Gasteiger partial charge in [-0.25, -0.2) is 0 Å². The van der Waals surface area contributed by atoms with E-state index in [0.717, 1.165) is 25.9 Å². The van der Waals surface area contributed by atoms with Gasteiger partial charge in [-0.1, -0.05) is 13.8 Å². The first-order chi connectivity index (χ1) is 8.93. The summed E-state index contributed by atoms with van der Waals surface area (Å²) in [5.41, 5.74) is 0.130. The van der Waals surface area contributed by atoms with E-state index >= 15 is 0 Å². The number of nitrogens with zero attached hydrogens (tertiary/aromatic N) is 1. The van der Waals surface area contributed by atoms with Gasteiger partial charge >= 0.3 is 0 Å². The van der Waals surface area contributed by atoms with Gasteiger partial charge in [0.25, 0.3) is 10.9 Å². The Hall–Kier alpha value is -1.36. The van der Waals surface area contributed by atoms with Gasteiger partial charge in [-0.15, -0.1) is 0 Å². The summed E-state index contributed by atoms with van der Waals surface area (Å²) in [6.45, 7) is 6.58. The van der Waals surface area contributed by atoms with Crippen molar-refractivity contribution in [2.24, 2.45) is 5.92 Å². The molecule has 5 heteroatoms. The van der Waals surface area contributed by atoms with Gasteiger partial charge in [-0.05, 0) is 32.9 Å². The Kier molecular flexibility index (Phi) is 6.02. The van der Waals surface area contributed by atoms with Crippen LogP contribution in [0.1, 0.15) is 26.7 Å². The van der Waals surface area contributed by atoms with Crippen LogP contribution in [-0.4, -0.2) is 38.6 Å². The summed E-state index contributed by atoms with van der Waals surface area (Å²) in [5.74, 6) is 0.659. The Morgan fingerprint density at radius 3 is 2.00 bits per heavy atom. The lowest BCUT2D eigenvalue weighted by atomic mass is 10.1. The summed E-state index contributed by atoms with van der Waals surface area (Å²) in [4.78, 5) is 25.0. The van der Waals surface area contributed by atoms with Crippen LogP contribution in [0.15, 0.2) is 9.59 Å². The van der Waals surface area contributed by atoms with Gasteiger partial charge in [0.15, 0.2) is 0 Å². The molecule has 0 aromatic heterocycles. The van der Waals surface area contributed by atoms with Gasteiger partial charge in [-0.2, -0.15) is 0 Å². The average molecular weight is 267 g/mol. The third kappa shape index (κ3) is 4.67. The van der Waals surface area contributed by atoms with Crippen molar-refractivity contribution in [3.8, 4) is 0 Å². The maximum Gasteiger partial charge on any atom is 0.253 e. The molecule has 0 heterocycles. The average Bonchev–Trinajstić information content (AvgIpc) is 2.34. The molecule has 1 rings (SSSR count). The summed E-state index contributed by atoms with van der Waals surface area (Å²) in [6.07, 6.45) is 2.12. The Morgan fingerprint density at radius 2 is 1.53 bits per heavy atom. The van der Waals surface area contributed by atoms with Crippen LogP contribution in [0, 0.1) is 5.92 Å². The SMILES string of the molecule is CC(C)CCCNc1c(NCCN(C)C)c(=O)c1=O. The molecule has 0 aliphatic heterocycles. The van der Waals surface area contributed by atoms with E-state index in [1.54, 1.807) is 0 Å². The zero-order valence-corrected chi connectivity index (χ0v) is 12.4. The van der Waals surface area contributed by atoms with E-state index in [1.807, 2.05) is 19.0 Å². The van der Waals surface area contributed by atoms with E-state index in [2.05, 4.69) is 24.5 Å². The van der Waals surface area contributed by atoms with Crippen molar-refractivity contribution >= 4 is 11.4 Å². The fraction of sp³-hybridized carbons (Fsp3) is 0.714. The predicted octanol–water partition coefficient (Wildman–Crippen LogP) is 1.10. The normalized spacial score (nSPS) is 11.5. The van der Waals surface area contributed by atoms with Crippen molar-refractivity contribution in [3.05, 3.63) is 20.4 Å². The van der Waals surface area contributed by atoms with Crippen LogP contribution in [0.2, 0.25) is 0 Å². The fourth-order valence-corrected chi connectivity index (χ4v) is 1.86. The highest BCUT2D eigenvalue weighted by Gasteiger charge is 2.19. The van der Waals surface area contributed by atoms with Crippen molar-refractivity contribution in [1.29, 1.82) is 0 Å². The number of hydrogen-bond acceptors (Lipinski definition) is 5. The molecule has 5 nitrogen and oxygen atoms in total. The minimum Gasteiger partial charge on any atom is -0.380 e. The quantitative estimate of drug-likeness (QED) is 0.518. The smallest absolute Gasteiger partial charge is 0.253 e. The standard InChI is InChI=1S/C14H25N3O2/c1-10(2)6-5-7-15-11-12(14(19)13(11)18)16-8-9-17(3)4/h10,15-16H,5-9H2,1-4H3. The highest BCUT2D eigenvalue weighted by atomic mass is 16.2. The van der Waals surface area contributed by atoms with Crippen LogP contribution in [0.4, 0.5) is 11.4 Å². The molecule has 0 fully saturated rings. The van der Waals surface area contributed by atoms with E-state index in [-0.39, 0.29) is 0 Å². The van der Waals surface area contributed by atoms with Crippen molar-refractivity contribution in [2.45, 2.75) is 26.7 Å². The summed E-state index contributed by atoms with van der Waals surface area (Å²) >= 11 is 0. The molecule has 0 spiro atoms. The minimum absolute atomic E-state index is 0.392. The molecule has 2 N–H and O–H groups in total. The monoisotopic (exact) mass is 267 g/mol. The highest BCUT2D eigenvalue weighted by molar-refractivity contribution is 5.73. The van der Waals surface area contributed by atoms with Crippen LogP contribution in [0.5, 0.6) is 0 Å². The topological polar surface area (TPSA) is 61.4 Å². The lowest BCUT2D eigenvalue weighted by Crippen LogP contribution is -2.38. The van der Waals surface area contributed by atoms with Gasteiger partial charge < -0.3 is 15.5 Å². The van der Waals surface area contributed by atoms with Crippen molar-refractivity contribution in [2.75, 3.05) is 44.4 Å². The van der Waals surface area contributed by atoms with Crippen LogP contribution >= 0.6 is 0 Å². The van der Waals surface area contributed by atoms with Crippen LogP contribution in [-0.2, 0) is 0 Å². The first-order valence-corrected chi connectivity index (χ1v) is 6.89. The van der Waals surface area contributed by atoms with Crippen molar-refractivity contribution in [3.63, 3.8) is 0 Å². The molecule has 0 amide bonds. The van der Waals surface area contributed by atoms with Gasteiger partial charge in [0, 0.05) is 19.6 Å². The molecule has 0 saturated carbocycles. The molecular weight excluding hydrogens is 242 g/mol. The maximum absolute atomic E-state index is 11.5. The molecule has 0 aliphatic carbocycles. The number of likely N-dealkylation sites (N-methyl/N-ethyl adjacent to an activating group) is 1. The van der Waals surface area contributed by atoms with E-state index in [0.29, 0.717) is 23.8 Å². The van der Waals surface area contributed by atoms with Gasteiger partial charge in [0.2, 0.25) is 0 Å². The largest absolute Gasteiger partial charge is 0.380 e. The van der Waals surface area contributed by atoms with Gasteiger partial charge in [0.1, 0.15) is 11.4 Å². The van der Waals surface area contributed by atoms with E-state index < -0.39 is 10.9 Å². The third-order valence-electron chi connectivity index (χ3n) is 3.03. The summed E-state index contributed by atoms with van der Waals surface area (Å²) < 4.78 is 0. The van der Waals surface area contributed by atoms with Gasteiger partial charge in [-0.3, -0.25) is 9.59 Å². The Morgan fingerprint density at radius 1 is 1.00 bits per heavy atom. The second-order valence-electron chi connectivity index (χ2n) is 5.60. The minimum atomic E-state index is -0.398. The Bertz CT molecular complexity index is 459. The Balaban J connectivity index is 2.43. The molecule has 1 aromatic rings. The second kappa shape index (κ2) is 7.28. The first-order valence-electron chi connectivity index (χ1n) is 6.89. The fourth-order valence-electron chi connectivity index (χ4n) is 1.86. The molecular formula is C14H25N3O2. The molecule has 1 aromatic carbocycles. The van der Waals surface area contributed by atoms with E-state index in [4.69, 9.17) is 0 Å². The molecule has 19 heavy (non-hydrogen) atoms. The van der Waals surface area contributed by atoms with E-state index in [9.17, 15) is 9.59 Å². The molecule has 0 radical (unpaired) electrons. The summed E-state index contributed by atoms with van der Waals surface area (Å²) in [7, 11) is 3.93. The molecule has 0 saturated heterocycles. The van der Waals surface area contributed by atoms with Crippen molar-refractivity contribution in [1.82, 2.24) is 4.90 Å². The zero-order chi connectivity index (χ0) is 14.4. The van der Waals surface area contributed by atoms with Crippen molar-refractivity contribution < 1.29 is 0 Å². The predicted molar refractivity (Wildman–Crippen MR) is 81.0 cm³/mol. The Labute approximate surface area is 114 Å². The van der Waals surface area contributed by atoms with Crippen LogP contribution in [0.25, 0.3) is 0 Å². The second-order valence-corrected chi connectivity index (χ2v) is 5.60. The molecule has 108 valence electrons. The molecule has 0 atom stereocenters. The highest BCUT2D eigenvalue weighted by Crippen LogP contribution is 2.14. The maximum atomic E-state index is 11.5. The summed E-state index contributed by atoms with van der Waals surface area (Å²) in [6, 6.07) is 0. The number of nitrogens with one attached hydrogen (secondary N) is 2. The van der Waals surface area contributed by atoms with Crippen LogP contribution in [0.3, 0.4) is 0 Å². The lowest BCUT2D eigenvalue weighted by molar-refractivity contribution is 0.425. The zero-order valence-electron chi connectivity index (χ0n) is 12.4. The van der Waals surface area contributed by atoms with Crippen LogP contribution < -0.4 is 21.5 Å². The number of hydrogen-bond donors (Lipinski definition) is 2. The summed E-state index contributed by atoms with van der Waals surface area (Å²) in [5, 5.41) is 6.11. The van der Waals surface area contributed by atoms with Gasteiger partial charge in [0.05, 0.1) is 0 Å². The molecule has 0 aliphatic rings. The third-order valence-corrected chi connectivity index (χ3v) is 3.03. The number of anilines is 2. The number of rotatable bonds is 9. The van der Waals surface area contributed by atoms with E-state index in [1.165, 1.54) is 0 Å².